The fourth-order valence-corrected chi connectivity index (χ4v) is 2.10. The van der Waals surface area contributed by atoms with Gasteiger partial charge in [0.05, 0.1) is 0 Å². The second kappa shape index (κ2) is 7.56. The van der Waals surface area contributed by atoms with Gasteiger partial charge in [0, 0.05) is 36.1 Å². The summed E-state index contributed by atoms with van der Waals surface area (Å²) in [5.41, 5.74) is 8.87. The van der Waals surface area contributed by atoms with Gasteiger partial charge < -0.3 is 15.8 Å². The summed E-state index contributed by atoms with van der Waals surface area (Å²) in [5.74, 6) is 0. The van der Waals surface area contributed by atoms with Crippen molar-refractivity contribution in [2.75, 3.05) is 31.3 Å². The molecular weight excluding hydrogens is 280 g/mol. The summed E-state index contributed by atoms with van der Waals surface area (Å²) in [6, 6.07) is 4.02. The number of nitrogen functional groups attached to an aromatic ring is 1. The van der Waals surface area contributed by atoms with Crippen LogP contribution in [-0.4, -0.2) is 20.3 Å². The van der Waals surface area contributed by atoms with Gasteiger partial charge in [-0.05, 0) is 59.8 Å². The van der Waals surface area contributed by atoms with Crippen LogP contribution in [0.15, 0.2) is 16.6 Å². The summed E-state index contributed by atoms with van der Waals surface area (Å²) in [6.07, 6.45) is 3.46. The molecule has 0 unspecified atom stereocenters. The van der Waals surface area contributed by atoms with Crippen LogP contribution in [0.1, 0.15) is 24.8 Å². The monoisotopic (exact) mass is 300 g/mol. The summed E-state index contributed by atoms with van der Waals surface area (Å²) in [4.78, 5) is 0. The van der Waals surface area contributed by atoms with Crippen LogP contribution < -0.4 is 11.1 Å². The van der Waals surface area contributed by atoms with Crippen LogP contribution in [0.5, 0.6) is 0 Å². The standard InChI is InChI=1S/C13H21BrN2O/c1-10-8-13(11(14)9-12(10)15)16-6-4-3-5-7-17-2/h8-9,16H,3-7,15H2,1-2H3. The van der Waals surface area contributed by atoms with E-state index < -0.39 is 0 Å². The first-order valence-corrected chi connectivity index (χ1v) is 6.73. The highest BCUT2D eigenvalue weighted by Crippen LogP contribution is 2.27. The minimum Gasteiger partial charge on any atom is -0.398 e. The number of rotatable bonds is 7. The average Bonchev–Trinajstić information content (AvgIpc) is 2.30. The van der Waals surface area contributed by atoms with Gasteiger partial charge in [-0.15, -0.1) is 0 Å². The van der Waals surface area contributed by atoms with E-state index in [9.17, 15) is 0 Å². The molecule has 0 spiro atoms. The predicted molar refractivity (Wildman–Crippen MR) is 77.5 cm³/mol. The van der Waals surface area contributed by atoms with E-state index in [0.717, 1.165) is 47.4 Å². The highest BCUT2D eigenvalue weighted by Gasteiger charge is 2.02. The molecule has 0 heterocycles. The molecule has 3 N–H and O–H groups in total. The van der Waals surface area contributed by atoms with Crippen molar-refractivity contribution in [3.05, 3.63) is 22.2 Å². The maximum Gasteiger partial charge on any atom is 0.0488 e. The van der Waals surface area contributed by atoms with E-state index in [0.29, 0.717) is 0 Å². The number of nitrogens with two attached hydrogens (primary N) is 1. The van der Waals surface area contributed by atoms with Gasteiger partial charge in [0.25, 0.3) is 0 Å². The zero-order chi connectivity index (χ0) is 12.7. The number of ether oxygens (including phenoxy) is 1. The van der Waals surface area contributed by atoms with Crippen LogP contribution >= 0.6 is 15.9 Å². The van der Waals surface area contributed by atoms with Gasteiger partial charge in [0.1, 0.15) is 0 Å². The van der Waals surface area contributed by atoms with E-state index in [-0.39, 0.29) is 0 Å². The first kappa shape index (κ1) is 14.3. The minimum absolute atomic E-state index is 0.822. The molecule has 1 aromatic rings. The Hall–Kier alpha value is -0.740. The van der Waals surface area contributed by atoms with E-state index in [2.05, 4.69) is 27.3 Å². The molecule has 0 atom stereocenters. The molecule has 0 bridgehead atoms. The maximum absolute atomic E-state index is 5.83. The van der Waals surface area contributed by atoms with Gasteiger partial charge in [0.15, 0.2) is 0 Å². The van der Waals surface area contributed by atoms with Crippen LogP contribution in [0.2, 0.25) is 0 Å². The highest BCUT2D eigenvalue weighted by molar-refractivity contribution is 9.10. The first-order valence-electron chi connectivity index (χ1n) is 5.93. The molecule has 4 heteroatoms. The van der Waals surface area contributed by atoms with Crippen LogP contribution in [0.25, 0.3) is 0 Å². The molecule has 0 aromatic heterocycles. The van der Waals surface area contributed by atoms with Crippen molar-refractivity contribution in [2.45, 2.75) is 26.2 Å². The largest absolute Gasteiger partial charge is 0.398 e. The highest BCUT2D eigenvalue weighted by atomic mass is 79.9. The third kappa shape index (κ3) is 4.96. The van der Waals surface area contributed by atoms with Crippen molar-refractivity contribution in [3.63, 3.8) is 0 Å². The number of aryl methyl sites for hydroxylation is 1. The van der Waals surface area contributed by atoms with E-state index in [1.54, 1.807) is 7.11 Å². The molecule has 0 saturated carbocycles. The number of unbranched alkanes of at least 4 members (excludes halogenated alkanes) is 2. The van der Waals surface area contributed by atoms with E-state index >= 15 is 0 Å². The lowest BCUT2D eigenvalue weighted by Gasteiger charge is -2.11. The Kier molecular flexibility index (Phi) is 6.37. The molecule has 0 saturated heterocycles. The number of methoxy groups -OCH3 is 1. The third-order valence-corrected chi connectivity index (χ3v) is 3.35. The number of benzene rings is 1. The topological polar surface area (TPSA) is 47.3 Å². The Balaban J connectivity index is 2.34. The molecule has 0 amide bonds. The smallest absolute Gasteiger partial charge is 0.0488 e. The van der Waals surface area contributed by atoms with Crippen molar-refractivity contribution >= 4 is 27.3 Å². The maximum atomic E-state index is 5.83. The SMILES string of the molecule is COCCCCCNc1cc(C)c(N)cc1Br. The zero-order valence-corrected chi connectivity index (χ0v) is 12.1. The molecule has 3 nitrogen and oxygen atoms in total. The van der Waals surface area contributed by atoms with Gasteiger partial charge in [-0.1, -0.05) is 0 Å². The minimum atomic E-state index is 0.822. The van der Waals surface area contributed by atoms with Gasteiger partial charge in [-0.3, -0.25) is 0 Å². The molecule has 1 aromatic carbocycles. The Morgan fingerprint density at radius 3 is 2.76 bits per heavy atom. The van der Waals surface area contributed by atoms with Crippen molar-refractivity contribution < 1.29 is 4.74 Å². The summed E-state index contributed by atoms with van der Waals surface area (Å²) in [5, 5.41) is 3.41. The fraction of sp³-hybridized carbons (Fsp3) is 0.538. The molecule has 1 rings (SSSR count). The third-order valence-electron chi connectivity index (χ3n) is 2.70. The zero-order valence-electron chi connectivity index (χ0n) is 10.6. The normalized spacial score (nSPS) is 10.5. The van der Waals surface area contributed by atoms with Gasteiger partial charge in [-0.25, -0.2) is 0 Å². The molecule has 0 radical (unpaired) electrons. The quantitative estimate of drug-likeness (QED) is 0.598. The lowest BCUT2D eigenvalue weighted by atomic mass is 10.2. The number of hydrogen-bond donors (Lipinski definition) is 2. The van der Waals surface area contributed by atoms with Crippen molar-refractivity contribution in [2.24, 2.45) is 0 Å². The second-order valence-corrected chi connectivity index (χ2v) is 5.02. The lowest BCUT2D eigenvalue weighted by molar-refractivity contribution is 0.192. The molecule has 17 heavy (non-hydrogen) atoms. The van der Waals surface area contributed by atoms with Crippen LogP contribution in [0.4, 0.5) is 11.4 Å². The van der Waals surface area contributed by atoms with Gasteiger partial charge in [-0.2, -0.15) is 0 Å². The lowest BCUT2D eigenvalue weighted by Crippen LogP contribution is -2.04. The Bertz CT molecular complexity index is 356. The Morgan fingerprint density at radius 1 is 1.29 bits per heavy atom. The summed E-state index contributed by atoms with van der Waals surface area (Å²) >= 11 is 3.51. The molecule has 0 aliphatic carbocycles. The fourth-order valence-electron chi connectivity index (χ4n) is 1.60. The summed E-state index contributed by atoms with van der Waals surface area (Å²) in [7, 11) is 1.74. The van der Waals surface area contributed by atoms with Crippen LogP contribution in [0, 0.1) is 6.92 Å². The van der Waals surface area contributed by atoms with Crippen molar-refractivity contribution in [1.29, 1.82) is 0 Å². The summed E-state index contributed by atoms with van der Waals surface area (Å²) in [6.45, 7) is 3.85. The van der Waals surface area contributed by atoms with Crippen LogP contribution in [-0.2, 0) is 4.74 Å². The van der Waals surface area contributed by atoms with Gasteiger partial charge in [0.2, 0.25) is 0 Å². The van der Waals surface area contributed by atoms with E-state index in [1.807, 2.05) is 13.0 Å². The van der Waals surface area contributed by atoms with E-state index in [1.165, 1.54) is 6.42 Å². The van der Waals surface area contributed by atoms with E-state index in [4.69, 9.17) is 10.5 Å². The Morgan fingerprint density at radius 2 is 2.06 bits per heavy atom. The predicted octanol–water partition coefficient (Wildman–Crippen LogP) is 3.57. The number of hydrogen-bond acceptors (Lipinski definition) is 3. The number of nitrogens with one attached hydrogen (secondary N) is 1. The Labute approximate surface area is 112 Å². The first-order chi connectivity index (χ1) is 8.15. The molecule has 0 fully saturated rings. The number of halogens is 1. The van der Waals surface area contributed by atoms with Crippen molar-refractivity contribution in [3.8, 4) is 0 Å². The second-order valence-electron chi connectivity index (χ2n) is 4.17. The molecule has 96 valence electrons. The average molecular weight is 301 g/mol. The summed E-state index contributed by atoms with van der Waals surface area (Å²) < 4.78 is 6.04. The number of anilines is 2. The molecule has 0 aliphatic heterocycles. The van der Waals surface area contributed by atoms with Crippen molar-refractivity contribution in [1.82, 2.24) is 0 Å². The van der Waals surface area contributed by atoms with Gasteiger partial charge >= 0.3 is 0 Å². The van der Waals surface area contributed by atoms with Crippen LogP contribution in [0.3, 0.4) is 0 Å². The molecule has 0 aliphatic rings. The molecular formula is C13H21BrN2O.